The number of halogens is 2. The predicted molar refractivity (Wildman–Crippen MR) is 72.1 cm³/mol. The lowest BCUT2D eigenvalue weighted by Gasteiger charge is -2.09. The lowest BCUT2D eigenvalue weighted by atomic mass is 10.1. The first kappa shape index (κ1) is 15.9. The van der Waals surface area contributed by atoms with Crippen molar-refractivity contribution in [3.8, 4) is 0 Å². The molecule has 0 radical (unpaired) electrons. The molecule has 1 aromatic carbocycles. The van der Waals surface area contributed by atoms with Gasteiger partial charge in [-0.3, -0.25) is 4.79 Å². The maximum absolute atomic E-state index is 13.5. The minimum absolute atomic E-state index is 0.204. The third-order valence-electron chi connectivity index (χ3n) is 2.71. The summed E-state index contributed by atoms with van der Waals surface area (Å²) in [7, 11) is 0.937. The van der Waals surface area contributed by atoms with E-state index in [-0.39, 0.29) is 17.5 Å². The number of nitrogens with one attached hydrogen (secondary N) is 1. The van der Waals surface area contributed by atoms with Gasteiger partial charge in [0, 0.05) is 22.8 Å². The highest BCUT2D eigenvalue weighted by atomic mass is 35.7. The molecule has 0 saturated heterocycles. The first-order valence-corrected chi connectivity index (χ1v) is 8.09. The predicted octanol–water partition coefficient (Wildman–Crippen LogP) is 3.13. The summed E-state index contributed by atoms with van der Waals surface area (Å²) in [6.07, 6.45) is 1.19. The molecule has 0 saturated carbocycles. The molecule has 4 nitrogen and oxygen atoms in total. The van der Waals surface area contributed by atoms with Gasteiger partial charge >= 0.3 is 0 Å². The Morgan fingerprint density at radius 3 is 2.58 bits per heavy atom. The van der Waals surface area contributed by atoms with Crippen molar-refractivity contribution in [2.24, 2.45) is 5.92 Å². The maximum Gasteiger partial charge on any atom is 0.264 e. The molecule has 0 bridgehead atoms. The Bertz CT molecular complexity index is 574. The van der Waals surface area contributed by atoms with Crippen LogP contribution >= 0.6 is 10.7 Å². The quantitative estimate of drug-likeness (QED) is 0.850. The molecule has 7 heteroatoms. The van der Waals surface area contributed by atoms with Crippen LogP contribution in [0.1, 0.15) is 26.7 Å². The van der Waals surface area contributed by atoms with E-state index in [9.17, 15) is 17.6 Å². The molecule has 106 valence electrons. The number of benzene rings is 1. The molecule has 0 aliphatic rings. The normalized spacial score (nSPS) is 13.1. The second kappa shape index (κ2) is 6.34. The molecular formula is C12H15ClFNO3S. The van der Waals surface area contributed by atoms with Crippen LogP contribution in [0.4, 0.5) is 10.1 Å². The third kappa shape index (κ3) is 4.80. The number of hydrogen-bond acceptors (Lipinski definition) is 3. The van der Waals surface area contributed by atoms with Crippen molar-refractivity contribution >= 4 is 31.3 Å². The van der Waals surface area contributed by atoms with Crippen LogP contribution in [0, 0.1) is 11.7 Å². The minimum Gasteiger partial charge on any atom is -0.326 e. The van der Waals surface area contributed by atoms with E-state index in [4.69, 9.17) is 10.7 Å². The molecule has 1 aromatic rings. The monoisotopic (exact) mass is 307 g/mol. The third-order valence-corrected chi connectivity index (χ3v) is 4.06. The highest BCUT2D eigenvalue weighted by Gasteiger charge is 2.17. The van der Waals surface area contributed by atoms with Crippen molar-refractivity contribution in [1.82, 2.24) is 0 Å². The van der Waals surface area contributed by atoms with Gasteiger partial charge in [-0.15, -0.1) is 0 Å². The summed E-state index contributed by atoms with van der Waals surface area (Å²) in [5, 5.41) is 2.51. The van der Waals surface area contributed by atoms with E-state index in [1.165, 1.54) is 6.07 Å². The van der Waals surface area contributed by atoms with E-state index in [0.29, 0.717) is 6.42 Å². The van der Waals surface area contributed by atoms with Crippen molar-refractivity contribution < 1.29 is 17.6 Å². The van der Waals surface area contributed by atoms with Crippen molar-refractivity contribution in [2.75, 3.05) is 5.32 Å². The molecule has 1 unspecified atom stereocenters. The van der Waals surface area contributed by atoms with E-state index in [2.05, 4.69) is 5.32 Å². The van der Waals surface area contributed by atoms with Crippen LogP contribution in [0.3, 0.4) is 0 Å². The SMILES string of the molecule is CCC(C)CC(=O)Nc1ccc(S(=O)(=O)Cl)c(F)c1. The van der Waals surface area contributed by atoms with Crippen LogP contribution in [0.15, 0.2) is 23.1 Å². The average molecular weight is 308 g/mol. The van der Waals surface area contributed by atoms with Crippen molar-refractivity contribution in [3.05, 3.63) is 24.0 Å². The van der Waals surface area contributed by atoms with Gasteiger partial charge in [-0.05, 0) is 24.1 Å². The van der Waals surface area contributed by atoms with Gasteiger partial charge in [0.05, 0.1) is 0 Å². The van der Waals surface area contributed by atoms with Crippen molar-refractivity contribution in [2.45, 2.75) is 31.6 Å². The zero-order valence-corrected chi connectivity index (χ0v) is 12.2. The van der Waals surface area contributed by atoms with E-state index in [1.807, 2.05) is 13.8 Å². The zero-order chi connectivity index (χ0) is 14.6. The average Bonchev–Trinajstić information content (AvgIpc) is 2.26. The summed E-state index contributed by atoms with van der Waals surface area (Å²) in [6, 6.07) is 3.26. The second-order valence-corrected chi connectivity index (χ2v) is 6.88. The number of rotatable bonds is 5. The van der Waals surface area contributed by atoms with Gasteiger partial charge in [0.1, 0.15) is 10.7 Å². The molecule has 0 heterocycles. The minimum atomic E-state index is -4.12. The van der Waals surface area contributed by atoms with Gasteiger partial charge in [0.2, 0.25) is 5.91 Å². The standard InChI is InChI=1S/C12H15ClFNO3S/c1-3-8(2)6-12(16)15-9-4-5-11(10(14)7-9)19(13,17)18/h4-5,7-8H,3,6H2,1-2H3,(H,15,16). The highest BCUT2D eigenvalue weighted by Crippen LogP contribution is 2.22. The largest absolute Gasteiger partial charge is 0.326 e. The fourth-order valence-corrected chi connectivity index (χ4v) is 2.35. The Morgan fingerprint density at radius 2 is 2.11 bits per heavy atom. The first-order chi connectivity index (χ1) is 8.74. The van der Waals surface area contributed by atoms with Crippen LogP contribution in [-0.4, -0.2) is 14.3 Å². The molecule has 0 aliphatic heterocycles. The van der Waals surface area contributed by atoms with Crippen molar-refractivity contribution in [1.29, 1.82) is 0 Å². The summed E-state index contributed by atoms with van der Waals surface area (Å²) in [4.78, 5) is 11.0. The molecule has 1 rings (SSSR count). The van der Waals surface area contributed by atoms with Gasteiger partial charge in [0.25, 0.3) is 9.05 Å². The van der Waals surface area contributed by atoms with Crippen LogP contribution in [-0.2, 0) is 13.8 Å². The summed E-state index contributed by atoms with van der Waals surface area (Å²) in [5.74, 6) is -1.00. The molecule has 0 spiro atoms. The molecule has 0 aliphatic carbocycles. The molecule has 1 amide bonds. The summed E-state index contributed by atoms with van der Waals surface area (Å²) >= 11 is 0. The Kier molecular flexibility index (Phi) is 5.31. The zero-order valence-electron chi connectivity index (χ0n) is 10.6. The van der Waals surface area contributed by atoms with Crippen LogP contribution in [0.5, 0.6) is 0 Å². The number of carbonyl (C=O) groups excluding carboxylic acids is 1. The Hall–Kier alpha value is -1.14. The highest BCUT2D eigenvalue weighted by molar-refractivity contribution is 8.13. The molecule has 0 aromatic heterocycles. The van der Waals surface area contributed by atoms with Gasteiger partial charge in [-0.2, -0.15) is 0 Å². The Labute approximate surface area is 116 Å². The Balaban J connectivity index is 2.83. The van der Waals surface area contributed by atoms with Gasteiger partial charge in [0.15, 0.2) is 0 Å². The number of anilines is 1. The lowest BCUT2D eigenvalue weighted by Crippen LogP contribution is -2.15. The molecule has 0 fully saturated rings. The summed E-state index contributed by atoms with van der Waals surface area (Å²) < 4.78 is 35.5. The van der Waals surface area contributed by atoms with Gasteiger partial charge < -0.3 is 5.32 Å². The number of hydrogen-bond donors (Lipinski definition) is 1. The molecular weight excluding hydrogens is 293 g/mol. The van der Waals surface area contributed by atoms with Crippen LogP contribution in [0.2, 0.25) is 0 Å². The molecule has 19 heavy (non-hydrogen) atoms. The lowest BCUT2D eigenvalue weighted by molar-refractivity contribution is -0.117. The van der Waals surface area contributed by atoms with E-state index in [1.54, 1.807) is 0 Å². The van der Waals surface area contributed by atoms with E-state index >= 15 is 0 Å². The number of amides is 1. The number of carbonyl (C=O) groups is 1. The van der Waals surface area contributed by atoms with Gasteiger partial charge in [-0.25, -0.2) is 12.8 Å². The molecule has 1 atom stereocenters. The van der Waals surface area contributed by atoms with Crippen LogP contribution in [0.25, 0.3) is 0 Å². The van der Waals surface area contributed by atoms with E-state index < -0.39 is 19.8 Å². The summed E-state index contributed by atoms with van der Waals surface area (Å²) in [5.41, 5.74) is 0.204. The fraction of sp³-hybridized carbons (Fsp3) is 0.417. The first-order valence-electron chi connectivity index (χ1n) is 5.78. The van der Waals surface area contributed by atoms with E-state index in [0.717, 1.165) is 18.6 Å². The van der Waals surface area contributed by atoms with Crippen molar-refractivity contribution in [3.63, 3.8) is 0 Å². The van der Waals surface area contributed by atoms with Crippen LogP contribution < -0.4 is 5.32 Å². The molecule has 1 N–H and O–H groups in total. The second-order valence-electron chi connectivity index (χ2n) is 4.35. The smallest absolute Gasteiger partial charge is 0.264 e. The Morgan fingerprint density at radius 1 is 1.47 bits per heavy atom. The maximum atomic E-state index is 13.5. The fourth-order valence-electron chi connectivity index (χ4n) is 1.45. The summed E-state index contributed by atoms with van der Waals surface area (Å²) in [6.45, 7) is 3.90. The topological polar surface area (TPSA) is 63.2 Å². The van der Waals surface area contributed by atoms with Gasteiger partial charge in [-0.1, -0.05) is 20.3 Å².